The van der Waals surface area contributed by atoms with E-state index < -0.39 is 0 Å². The molecule has 1 amide bonds. The first-order chi connectivity index (χ1) is 10.3. The molecule has 3 nitrogen and oxygen atoms in total. The van der Waals surface area contributed by atoms with Crippen molar-refractivity contribution < 1.29 is 9.53 Å². The van der Waals surface area contributed by atoms with Crippen LogP contribution in [0.15, 0.2) is 24.3 Å². The van der Waals surface area contributed by atoms with Crippen LogP contribution in [0.3, 0.4) is 0 Å². The Balaban J connectivity index is 1.71. The summed E-state index contributed by atoms with van der Waals surface area (Å²) >= 11 is 0. The van der Waals surface area contributed by atoms with E-state index in [2.05, 4.69) is 17.2 Å². The average molecular weight is 285 g/mol. The zero-order valence-electron chi connectivity index (χ0n) is 12.7. The molecule has 0 heterocycles. The van der Waals surface area contributed by atoms with Crippen LogP contribution in [0.4, 0.5) is 0 Å². The Labute approximate surface area is 127 Å². The predicted octanol–water partition coefficient (Wildman–Crippen LogP) is 3.13. The molecule has 0 unspecified atom stereocenters. The molecule has 1 aliphatic carbocycles. The van der Waals surface area contributed by atoms with Gasteiger partial charge in [-0.25, -0.2) is 0 Å². The normalized spacial score (nSPS) is 14.3. The van der Waals surface area contributed by atoms with E-state index in [0.717, 1.165) is 23.7 Å². The van der Waals surface area contributed by atoms with Gasteiger partial charge in [0.1, 0.15) is 5.75 Å². The van der Waals surface area contributed by atoms with Crippen LogP contribution in [0.2, 0.25) is 0 Å². The van der Waals surface area contributed by atoms with Gasteiger partial charge in [0.05, 0.1) is 19.2 Å². The second-order valence-electron chi connectivity index (χ2n) is 5.47. The molecule has 1 aromatic carbocycles. The number of rotatable bonds is 5. The molecule has 3 heteroatoms. The molecule has 0 spiro atoms. The van der Waals surface area contributed by atoms with E-state index in [0.29, 0.717) is 13.0 Å². The minimum atomic E-state index is 0.108. The van der Waals surface area contributed by atoms with Crippen LogP contribution in [0.1, 0.15) is 44.1 Å². The lowest BCUT2D eigenvalue weighted by molar-refractivity contribution is -0.121. The van der Waals surface area contributed by atoms with Gasteiger partial charge in [0, 0.05) is 6.42 Å². The van der Waals surface area contributed by atoms with Crippen molar-refractivity contribution in [2.45, 2.75) is 38.5 Å². The third-order valence-electron chi connectivity index (χ3n) is 3.96. The van der Waals surface area contributed by atoms with Crippen molar-refractivity contribution in [3.8, 4) is 17.6 Å². The fourth-order valence-electron chi connectivity index (χ4n) is 2.75. The lowest BCUT2D eigenvalue weighted by Crippen LogP contribution is -2.23. The smallest absolute Gasteiger partial charge is 0.220 e. The van der Waals surface area contributed by atoms with Gasteiger partial charge < -0.3 is 10.1 Å². The number of hydrogen-bond acceptors (Lipinski definition) is 2. The summed E-state index contributed by atoms with van der Waals surface area (Å²) in [6.07, 6.45) is 6.89. The Morgan fingerprint density at radius 1 is 1.33 bits per heavy atom. The molecule has 0 bridgehead atoms. The van der Waals surface area contributed by atoms with Crippen LogP contribution < -0.4 is 10.1 Å². The average Bonchev–Trinajstić information content (AvgIpc) is 3.03. The molecule has 1 fully saturated rings. The molecular formula is C18H23NO2. The van der Waals surface area contributed by atoms with Gasteiger partial charge >= 0.3 is 0 Å². The predicted molar refractivity (Wildman–Crippen MR) is 84.1 cm³/mol. The fourth-order valence-corrected chi connectivity index (χ4v) is 2.75. The van der Waals surface area contributed by atoms with E-state index in [4.69, 9.17) is 4.74 Å². The number of benzene rings is 1. The minimum Gasteiger partial charge on any atom is -0.495 e. The van der Waals surface area contributed by atoms with Crippen molar-refractivity contribution in [3.05, 3.63) is 29.8 Å². The van der Waals surface area contributed by atoms with Gasteiger partial charge in [-0.3, -0.25) is 4.79 Å². The molecule has 0 aliphatic heterocycles. The lowest BCUT2D eigenvalue weighted by Gasteiger charge is -2.07. The number of carbonyl (C=O) groups is 1. The van der Waals surface area contributed by atoms with Crippen LogP contribution in [-0.2, 0) is 4.79 Å². The molecule has 2 rings (SSSR count). The molecule has 1 aliphatic rings. The second kappa shape index (κ2) is 8.36. The summed E-state index contributed by atoms with van der Waals surface area (Å²) in [7, 11) is 1.63. The van der Waals surface area contributed by atoms with E-state index in [1.54, 1.807) is 7.11 Å². The maximum atomic E-state index is 11.7. The van der Waals surface area contributed by atoms with Crippen LogP contribution in [-0.4, -0.2) is 19.6 Å². The highest BCUT2D eigenvalue weighted by Gasteiger charge is 2.15. The van der Waals surface area contributed by atoms with Crippen molar-refractivity contribution in [1.29, 1.82) is 0 Å². The van der Waals surface area contributed by atoms with Crippen molar-refractivity contribution in [1.82, 2.24) is 5.32 Å². The van der Waals surface area contributed by atoms with Gasteiger partial charge in [-0.1, -0.05) is 49.7 Å². The van der Waals surface area contributed by atoms with Crippen molar-refractivity contribution in [2.24, 2.45) is 5.92 Å². The molecule has 112 valence electrons. The number of nitrogens with one attached hydrogen (secondary N) is 1. The van der Waals surface area contributed by atoms with Crippen molar-refractivity contribution in [3.63, 3.8) is 0 Å². The Morgan fingerprint density at radius 2 is 2.10 bits per heavy atom. The maximum absolute atomic E-state index is 11.7. The highest BCUT2D eigenvalue weighted by molar-refractivity contribution is 5.76. The monoisotopic (exact) mass is 285 g/mol. The van der Waals surface area contributed by atoms with Gasteiger partial charge in [0.15, 0.2) is 0 Å². The quantitative estimate of drug-likeness (QED) is 0.844. The standard InChI is InChI=1S/C18H23NO2/c1-21-17-11-5-4-9-16(17)10-6-14-19-18(20)13-12-15-7-2-3-8-15/h4-5,9,11,15H,2-3,7-8,12-14H2,1H3,(H,19,20). The van der Waals surface area contributed by atoms with Crippen LogP contribution in [0.25, 0.3) is 0 Å². The van der Waals surface area contributed by atoms with Crippen LogP contribution >= 0.6 is 0 Å². The van der Waals surface area contributed by atoms with Gasteiger partial charge in [-0.2, -0.15) is 0 Å². The maximum Gasteiger partial charge on any atom is 0.220 e. The first kappa shape index (κ1) is 15.4. The van der Waals surface area contributed by atoms with Crippen LogP contribution in [0.5, 0.6) is 5.75 Å². The fraction of sp³-hybridized carbons (Fsp3) is 0.500. The van der Waals surface area contributed by atoms with Gasteiger partial charge in [0.25, 0.3) is 0 Å². The van der Waals surface area contributed by atoms with Gasteiger partial charge in [-0.05, 0) is 24.5 Å². The Bertz CT molecular complexity index is 522. The SMILES string of the molecule is COc1ccccc1C#CCNC(=O)CCC1CCCC1. The summed E-state index contributed by atoms with van der Waals surface area (Å²) in [5, 5.41) is 2.86. The zero-order valence-corrected chi connectivity index (χ0v) is 12.7. The molecule has 0 atom stereocenters. The van der Waals surface area contributed by atoms with E-state index in [9.17, 15) is 4.79 Å². The molecule has 21 heavy (non-hydrogen) atoms. The van der Waals surface area contributed by atoms with Gasteiger partial charge in [0.2, 0.25) is 5.91 Å². The molecule has 1 aromatic rings. The highest BCUT2D eigenvalue weighted by atomic mass is 16.5. The topological polar surface area (TPSA) is 38.3 Å². The van der Waals surface area contributed by atoms with E-state index >= 15 is 0 Å². The number of carbonyl (C=O) groups excluding carboxylic acids is 1. The summed E-state index contributed by atoms with van der Waals surface area (Å²) in [5.41, 5.74) is 0.847. The van der Waals surface area contributed by atoms with Gasteiger partial charge in [-0.15, -0.1) is 0 Å². The number of ether oxygens (including phenoxy) is 1. The number of para-hydroxylation sites is 1. The first-order valence-corrected chi connectivity index (χ1v) is 7.68. The van der Waals surface area contributed by atoms with Crippen molar-refractivity contribution in [2.75, 3.05) is 13.7 Å². The third-order valence-corrected chi connectivity index (χ3v) is 3.96. The van der Waals surface area contributed by atoms with E-state index in [-0.39, 0.29) is 5.91 Å². The second-order valence-corrected chi connectivity index (χ2v) is 5.47. The number of amides is 1. The van der Waals surface area contributed by atoms with E-state index in [1.165, 1.54) is 25.7 Å². The Kier molecular flexibility index (Phi) is 6.15. The number of hydrogen-bond donors (Lipinski definition) is 1. The van der Waals surface area contributed by atoms with Crippen molar-refractivity contribution >= 4 is 5.91 Å². The van der Waals surface area contributed by atoms with Crippen LogP contribution in [0, 0.1) is 17.8 Å². The lowest BCUT2D eigenvalue weighted by atomic mass is 10.0. The largest absolute Gasteiger partial charge is 0.495 e. The zero-order chi connectivity index (χ0) is 14.9. The Morgan fingerprint density at radius 3 is 2.86 bits per heavy atom. The highest BCUT2D eigenvalue weighted by Crippen LogP contribution is 2.28. The summed E-state index contributed by atoms with van der Waals surface area (Å²) < 4.78 is 5.23. The molecule has 1 saturated carbocycles. The third kappa shape index (κ3) is 5.15. The first-order valence-electron chi connectivity index (χ1n) is 7.68. The molecule has 0 aromatic heterocycles. The molecule has 0 radical (unpaired) electrons. The summed E-state index contributed by atoms with van der Waals surface area (Å²) in [4.78, 5) is 11.7. The van der Waals surface area contributed by atoms with E-state index in [1.807, 2.05) is 24.3 Å². The summed E-state index contributed by atoms with van der Waals surface area (Å²) in [6, 6.07) is 7.62. The minimum absolute atomic E-state index is 0.108. The molecular weight excluding hydrogens is 262 g/mol. The number of methoxy groups -OCH3 is 1. The molecule has 1 N–H and O–H groups in total. The Hall–Kier alpha value is -1.95. The summed E-state index contributed by atoms with van der Waals surface area (Å²) in [5.74, 6) is 7.63. The summed E-state index contributed by atoms with van der Waals surface area (Å²) in [6.45, 7) is 0.390. The molecule has 0 saturated heterocycles.